The summed E-state index contributed by atoms with van der Waals surface area (Å²) in [4.78, 5) is 14.2. The van der Waals surface area contributed by atoms with Crippen LogP contribution in [0.2, 0.25) is 0 Å². The van der Waals surface area contributed by atoms with Gasteiger partial charge in [-0.1, -0.05) is 29.8 Å². The maximum absolute atomic E-state index is 13.1. The number of hydrogen-bond donors (Lipinski definition) is 1. The van der Waals surface area contributed by atoms with Crippen molar-refractivity contribution in [1.82, 2.24) is 5.01 Å². The number of carbonyl (C=O) groups excluding carboxylic acids is 1. The van der Waals surface area contributed by atoms with Gasteiger partial charge >= 0.3 is 0 Å². The summed E-state index contributed by atoms with van der Waals surface area (Å²) in [6.45, 7) is 4.94. The number of amides is 1. The van der Waals surface area contributed by atoms with Crippen LogP contribution in [-0.2, 0) is 11.3 Å². The average molecular weight is 392 g/mol. The lowest BCUT2D eigenvalue weighted by Gasteiger charge is -2.21. The number of benzene rings is 1. The normalized spacial score (nSPS) is 17.4. The Bertz CT molecular complexity index is 1000. The maximum Gasteiger partial charge on any atom is 0.298 e. The highest BCUT2D eigenvalue weighted by Gasteiger charge is 2.36. The summed E-state index contributed by atoms with van der Waals surface area (Å²) in [5.41, 5.74) is 3.13. The van der Waals surface area contributed by atoms with Crippen molar-refractivity contribution in [1.29, 1.82) is 0 Å². The van der Waals surface area contributed by atoms with Crippen LogP contribution in [0.3, 0.4) is 0 Å². The summed E-state index contributed by atoms with van der Waals surface area (Å²) in [5, 5.41) is 6.28. The molecule has 4 rings (SSSR count). The molecule has 0 saturated heterocycles. The first-order chi connectivity index (χ1) is 14.0. The third kappa shape index (κ3) is 4.32. The Kier molecular flexibility index (Phi) is 5.36. The zero-order valence-electron chi connectivity index (χ0n) is 17.0. The van der Waals surface area contributed by atoms with E-state index in [2.05, 4.69) is 31.2 Å². The van der Waals surface area contributed by atoms with Crippen LogP contribution < -0.4 is 4.90 Å². The van der Waals surface area contributed by atoms with Crippen molar-refractivity contribution in [2.24, 2.45) is 5.10 Å². The van der Waals surface area contributed by atoms with Crippen LogP contribution in [-0.4, -0.2) is 30.2 Å². The van der Waals surface area contributed by atoms with Crippen molar-refractivity contribution < 1.29 is 18.5 Å². The summed E-state index contributed by atoms with van der Waals surface area (Å²) >= 11 is 0. The van der Waals surface area contributed by atoms with E-state index in [-0.39, 0.29) is 11.9 Å². The Balaban J connectivity index is 1.52. The van der Waals surface area contributed by atoms with Gasteiger partial charge in [0.1, 0.15) is 24.1 Å². The predicted molar refractivity (Wildman–Crippen MR) is 110 cm³/mol. The second-order valence-corrected chi connectivity index (χ2v) is 7.71. The summed E-state index contributed by atoms with van der Waals surface area (Å²) in [6.07, 6.45) is 2.28. The molecule has 3 aromatic rings. The van der Waals surface area contributed by atoms with E-state index in [4.69, 9.17) is 13.9 Å². The third-order valence-electron chi connectivity index (χ3n) is 5.15. The minimum Gasteiger partial charge on any atom is -0.467 e. The van der Waals surface area contributed by atoms with Gasteiger partial charge in [-0.2, -0.15) is 5.10 Å². The molecule has 0 spiro atoms. The van der Waals surface area contributed by atoms with Crippen molar-refractivity contribution in [3.8, 4) is 0 Å². The van der Waals surface area contributed by atoms with Crippen molar-refractivity contribution in [3.05, 3.63) is 83.2 Å². The van der Waals surface area contributed by atoms with Crippen molar-refractivity contribution in [2.45, 2.75) is 32.9 Å². The van der Waals surface area contributed by atoms with E-state index in [1.54, 1.807) is 11.3 Å². The Morgan fingerprint density at radius 3 is 2.62 bits per heavy atom. The van der Waals surface area contributed by atoms with Crippen LogP contribution in [0.1, 0.15) is 40.9 Å². The minimum atomic E-state index is -0.215. The topological polar surface area (TPSA) is 63.4 Å². The van der Waals surface area contributed by atoms with Crippen molar-refractivity contribution in [3.63, 3.8) is 0 Å². The molecule has 0 aliphatic carbocycles. The third-order valence-corrected chi connectivity index (χ3v) is 5.15. The van der Waals surface area contributed by atoms with Gasteiger partial charge in [0.2, 0.25) is 0 Å². The largest absolute Gasteiger partial charge is 0.467 e. The van der Waals surface area contributed by atoms with E-state index < -0.39 is 0 Å². The quantitative estimate of drug-likeness (QED) is 0.702. The van der Waals surface area contributed by atoms with E-state index in [1.165, 1.54) is 5.56 Å². The lowest BCUT2D eigenvalue weighted by Crippen LogP contribution is -3.08. The fourth-order valence-electron chi connectivity index (χ4n) is 3.64. The Morgan fingerprint density at radius 1 is 1.17 bits per heavy atom. The molecule has 2 aromatic heterocycles. The molecule has 1 N–H and O–H groups in total. The number of aryl methyl sites for hydroxylation is 2. The minimum absolute atomic E-state index is 0.0331. The van der Waals surface area contributed by atoms with Gasteiger partial charge < -0.3 is 13.7 Å². The van der Waals surface area contributed by atoms with Crippen LogP contribution in [0.5, 0.6) is 0 Å². The van der Waals surface area contributed by atoms with Crippen LogP contribution in [0.25, 0.3) is 0 Å². The van der Waals surface area contributed by atoms with E-state index in [9.17, 15) is 4.79 Å². The predicted octanol–water partition coefficient (Wildman–Crippen LogP) is 2.88. The summed E-state index contributed by atoms with van der Waals surface area (Å²) in [6, 6.07) is 15.7. The first kappa shape index (κ1) is 19.2. The molecule has 150 valence electrons. The number of likely N-dealkylation sites (N-methyl/N-ethyl adjacent to an activating group) is 1. The Hall–Kier alpha value is -3.12. The number of hydrogen-bond acceptors (Lipinski definition) is 4. The molecule has 1 aromatic carbocycles. The van der Waals surface area contributed by atoms with E-state index in [0.29, 0.717) is 19.5 Å². The molecule has 2 atom stereocenters. The van der Waals surface area contributed by atoms with Gasteiger partial charge in [-0.05, 0) is 43.7 Å². The van der Waals surface area contributed by atoms with Gasteiger partial charge in [-0.3, -0.25) is 4.79 Å². The number of nitrogens with zero attached hydrogens (tertiary/aromatic N) is 2. The molecule has 0 fully saturated rings. The Morgan fingerprint density at radius 2 is 1.97 bits per heavy atom. The van der Waals surface area contributed by atoms with Gasteiger partial charge in [-0.25, -0.2) is 5.01 Å². The van der Waals surface area contributed by atoms with E-state index in [1.807, 2.05) is 38.2 Å². The fourth-order valence-corrected chi connectivity index (χ4v) is 3.64. The first-order valence-corrected chi connectivity index (χ1v) is 9.86. The van der Waals surface area contributed by atoms with E-state index in [0.717, 1.165) is 33.5 Å². The van der Waals surface area contributed by atoms with Gasteiger partial charge in [0.05, 0.1) is 19.0 Å². The number of rotatable bonds is 6. The highest BCUT2D eigenvalue weighted by molar-refractivity contribution is 6.03. The summed E-state index contributed by atoms with van der Waals surface area (Å²) < 4.78 is 11.3. The monoisotopic (exact) mass is 392 g/mol. The summed E-state index contributed by atoms with van der Waals surface area (Å²) in [5.74, 6) is 2.47. The molecule has 6 nitrogen and oxygen atoms in total. The van der Waals surface area contributed by atoms with Crippen molar-refractivity contribution >= 4 is 11.6 Å². The first-order valence-electron chi connectivity index (χ1n) is 9.86. The second kappa shape index (κ2) is 8.09. The number of quaternary nitrogens is 1. The van der Waals surface area contributed by atoms with Crippen LogP contribution in [0.4, 0.5) is 0 Å². The molecular weight excluding hydrogens is 366 g/mol. The highest BCUT2D eigenvalue weighted by Crippen LogP contribution is 2.32. The number of carbonyl (C=O) groups is 1. The van der Waals surface area contributed by atoms with Crippen LogP contribution >= 0.6 is 0 Å². The molecule has 6 heteroatoms. The van der Waals surface area contributed by atoms with Gasteiger partial charge in [0, 0.05) is 6.42 Å². The number of hydrazone groups is 1. The molecule has 3 heterocycles. The molecule has 1 amide bonds. The number of furan rings is 2. The molecular formula is C23H26N3O3+. The van der Waals surface area contributed by atoms with Crippen molar-refractivity contribution in [2.75, 3.05) is 13.6 Å². The van der Waals surface area contributed by atoms with Gasteiger partial charge in [0.15, 0.2) is 12.3 Å². The molecule has 0 bridgehead atoms. The zero-order chi connectivity index (χ0) is 20.4. The van der Waals surface area contributed by atoms with Gasteiger partial charge in [-0.15, -0.1) is 0 Å². The van der Waals surface area contributed by atoms with Crippen LogP contribution in [0, 0.1) is 13.8 Å². The standard InChI is InChI=1S/C23H25N3O3/c1-16-6-9-18(10-7-16)20-13-21(22-5-4-12-28-22)26(24-20)23(27)15-25(3)14-19-11-8-17(2)29-19/h4-12,21H,13-15H2,1-3H3/p+1/t21-/m0/s1. The Labute approximate surface area is 170 Å². The molecule has 1 unspecified atom stereocenters. The second-order valence-electron chi connectivity index (χ2n) is 7.71. The fraction of sp³-hybridized carbons (Fsp3) is 0.304. The van der Waals surface area contributed by atoms with Crippen LogP contribution in [0.15, 0.2) is 68.7 Å². The lowest BCUT2D eigenvalue weighted by molar-refractivity contribution is -0.886. The molecule has 1 aliphatic rings. The molecule has 1 aliphatic heterocycles. The van der Waals surface area contributed by atoms with Gasteiger partial charge in [0.25, 0.3) is 5.91 Å². The maximum atomic E-state index is 13.1. The zero-order valence-corrected chi connectivity index (χ0v) is 17.0. The lowest BCUT2D eigenvalue weighted by atomic mass is 10.0. The summed E-state index contributed by atoms with van der Waals surface area (Å²) in [7, 11) is 1.98. The molecule has 29 heavy (non-hydrogen) atoms. The smallest absolute Gasteiger partial charge is 0.298 e. The average Bonchev–Trinajstić information content (AvgIpc) is 3.42. The highest BCUT2D eigenvalue weighted by atomic mass is 16.3. The molecule has 0 saturated carbocycles. The SMILES string of the molecule is Cc1ccc(C2=NN(C(=O)C[NH+](C)Cc3ccc(C)o3)[C@H](c3ccco3)C2)cc1. The molecule has 0 radical (unpaired) electrons. The number of nitrogens with one attached hydrogen (secondary N) is 1. The van der Waals surface area contributed by atoms with E-state index >= 15 is 0 Å².